The molecule has 7 nitrogen and oxygen atoms in total. The summed E-state index contributed by atoms with van der Waals surface area (Å²) in [6.45, 7) is 6.11. The van der Waals surface area contributed by atoms with Crippen molar-refractivity contribution >= 4 is 11.3 Å². The highest BCUT2D eigenvalue weighted by Gasteiger charge is 2.33. The molecule has 0 saturated carbocycles. The minimum atomic E-state index is -4.35. The molecule has 10 heteroatoms. The van der Waals surface area contributed by atoms with E-state index < -0.39 is 11.7 Å². The van der Waals surface area contributed by atoms with Gasteiger partial charge in [0.15, 0.2) is 5.65 Å². The van der Waals surface area contributed by atoms with Crippen molar-refractivity contribution in [1.29, 1.82) is 5.26 Å². The zero-order chi connectivity index (χ0) is 24.6. The molecule has 0 spiro atoms. The first kappa shape index (κ1) is 23.8. The van der Waals surface area contributed by atoms with Gasteiger partial charge in [0.1, 0.15) is 0 Å². The number of piperazine rings is 1. The average molecular weight is 473 g/mol. The molecule has 180 valence electrons. The molecule has 2 unspecified atom stereocenters. The lowest BCUT2D eigenvalue weighted by molar-refractivity contribution is -0.137. The van der Waals surface area contributed by atoms with Crippen molar-refractivity contribution in [3.8, 4) is 6.07 Å². The lowest BCUT2D eigenvalue weighted by Crippen LogP contribution is -2.54. The van der Waals surface area contributed by atoms with Crippen LogP contribution < -0.4 is 10.5 Å². The molecule has 1 saturated heterocycles. The maximum atomic E-state index is 12.9. The Labute approximate surface area is 195 Å². The number of fused-ring (bicyclic) bond motifs is 1. The number of alkyl halides is 3. The van der Waals surface area contributed by atoms with E-state index >= 15 is 0 Å². The van der Waals surface area contributed by atoms with E-state index in [0.29, 0.717) is 31.0 Å². The molecule has 3 heterocycles. The Morgan fingerprint density at radius 1 is 1.24 bits per heavy atom. The topological polar surface area (TPSA) is 69.6 Å². The number of imidazole rings is 1. The molecule has 1 aliphatic heterocycles. The van der Waals surface area contributed by atoms with Gasteiger partial charge in [0.25, 0.3) is 5.56 Å². The van der Waals surface area contributed by atoms with Crippen LogP contribution in [0.1, 0.15) is 43.1 Å². The third kappa shape index (κ3) is 4.40. The number of rotatable bonds is 5. The Kier molecular flexibility index (Phi) is 6.41. The van der Waals surface area contributed by atoms with Crippen LogP contribution in [0.2, 0.25) is 0 Å². The second kappa shape index (κ2) is 9.14. The number of nitriles is 1. The van der Waals surface area contributed by atoms with Gasteiger partial charge in [0.2, 0.25) is 0 Å². The van der Waals surface area contributed by atoms with Crippen LogP contribution in [0.15, 0.2) is 41.3 Å². The molecule has 3 aromatic rings. The van der Waals surface area contributed by atoms with Crippen molar-refractivity contribution in [2.24, 2.45) is 7.05 Å². The van der Waals surface area contributed by atoms with Gasteiger partial charge in [-0.2, -0.15) is 18.4 Å². The molecule has 0 N–H and O–H groups in total. The Morgan fingerprint density at radius 2 is 1.94 bits per heavy atom. The van der Waals surface area contributed by atoms with Gasteiger partial charge in [-0.25, -0.2) is 14.2 Å². The van der Waals surface area contributed by atoms with E-state index in [1.165, 1.54) is 4.68 Å². The molecule has 4 rings (SSSR count). The summed E-state index contributed by atoms with van der Waals surface area (Å²) in [5.41, 5.74) is 1.99. The van der Waals surface area contributed by atoms with E-state index in [1.54, 1.807) is 36.0 Å². The van der Waals surface area contributed by atoms with Crippen LogP contribution in [0.3, 0.4) is 0 Å². The zero-order valence-electron chi connectivity index (χ0n) is 19.4. The van der Waals surface area contributed by atoms with E-state index in [9.17, 15) is 18.0 Å². The second-order valence-corrected chi connectivity index (χ2v) is 8.67. The highest BCUT2D eigenvalue weighted by molar-refractivity contribution is 5.69. The summed E-state index contributed by atoms with van der Waals surface area (Å²) in [6, 6.07) is 9.10. The van der Waals surface area contributed by atoms with Crippen LogP contribution in [0.5, 0.6) is 0 Å². The van der Waals surface area contributed by atoms with Crippen LogP contribution in [0, 0.1) is 11.3 Å². The third-order valence-corrected chi connectivity index (χ3v) is 6.69. The van der Waals surface area contributed by atoms with Crippen molar-refractivity contribution in [2.45, 2.75) is 44.9 Å². The monoisotopic (exact) mass is 472 g/mol. The van der Waals surface area contributed by atoms with Crippen molar-refractivity contribution in [2.75, 3.05) is 24.5 Å². The lowest BCUT2D eigenvalue weighted by Gasteiger charge is -2.44. The molecule has 1 aromatic carbocycles. The van der Waals surface area contributed by atoms with Gasteiger partial charge in [0.05, 0.1) is 35.6 Å². The smallest absolute Gasteiger partial charge is 0.363 e. The fourth-order valence-corrected chi connectivity index (χ4v) is 4.64. The van der Waals surface area contributed by atoms with Gasteiger partial charge in [0, 0.05) is 44.8 Å². The van der Waals surface area contributed by atoms with E-state index in [0.717, 1.165) is 29.8 Å². The standard InChI is InChI=1S/C24H27F3N6O/c1-4-20-15-31(16(2)17-5-7-18(8-6-17)24(25,26)27)11-12-32(20)21-13-22(34)30(3)33-14-19(9-10-28)29-23(21)33/h5-8,13-14,16,20H,4,9,11-12,15H2,1-3H3. The third-order valence-electron chi connectivity index (χ3n) is 6.69. The van der Waals surface area contributed by atoms with E-state index in [-0.39, 0.29) is 24.1 Å². The van der Waals surface area contributed by atoms with Gasteiger partial charge >= 0.3 is 6.18 Å². The van der Waals surface area contributed by atoms with E-state index in [2.05, 4.69) is 27.8 Å². The molecule has 0 amide bonds. The number of anilines is 1. The minimum Gasteiger partial charge on any atom is -0.363 e. The van der Waals surface area contributed by atoms with Gasteiger partial charge in [-0.3, -0.25) is 9.69 Å². The Balaban J connectivity index is 1.60. The summed E-state index contributed by atoms with van der Waals surface area (Å²) in [5.74, 6) is 0. The first-order valence-electron chi connectivity index (χ1n) is 11.3. The molecule has 2 atom stereocenters. The summed E-state index contributed by atoms with van der Waals surface area (Å²) in [7, 11) is 1.66. The molecule has 2 aromatic heterocycles. The van der Waals surface area contributed by atoms with Crippen molar-refractivity contribution in [3.05, 3.63) is 63.7 Å². The maximum absolute atomic E-state index is 12.9. The van der Waals surface area contributed by atoms with Gasteiger partial charge in [-0.05, 0) is 31.0 Å². The molecule has 1 aliphatic rings. The number of aryl methyl sites for hydroxylation is 1. The normalized spacial score (nSPS) is 18.3. The molecular weight excluding hydrogens is 445 g/mol. The molecule has 34 heavy (non-hydrogen) atoms. The average Bonchev–Trinajstić information content (AvgIpc) is 3.24. The van der Waals surface area contributed by atoms with Gasteiger partial charge < -0.3 is 4.90 Å². The van der Waals surface area contributed by atoms with Gasteiger partial charge in [-0.1, -0.05) is 19.1 Å². The number of aromatic nitrogens is 3. The molecular formula is C24H27F3N6O. The molecule has 0 aliphatic carbocycles. The van der Waals surface area contributed by atoms with Crippen molar-refractivity contribution in [3.63, 3.8) is 0 Å². The molecule has 0 bridgehead atoms. The summed E-state index contributed by atoms with van der Waals surface area (Å²) in [4.78, 5) is 21.7. The summed E-state index contributed by atoms with van der Waals surface area (Å²) in [6.07, 6.45) is -1.65. The largest absolute Gasteiger partial charge is 0.416 e. The van der Waals surface area contributed by atoms with Crippen LogP contribution in [-0.4, -0.2) is 44.8 Å². The van der Waals surface area contributed by atoms with Crippen molar-refractivity contribution < 1.29 is 13.2 Å². The molecule has 1 fully saturated rings. The summed E-state index contributed by atoms with van der Waals surface area (Å²) in [5, 5.41) is 9.06. The first-order valence-corrected chi connectivity index (χ1v) is 11.3. The predicted octanol–water partition coefficient (Wildman–Crippen LogP) is 3.78. The Hall–Kier alpha value is -3.32. The maximum Gasteiger partial charge on any atom is 0.416 e. The van der Waals surface area contributed by atoms with Crippen molar-refractivity contribution in [1.82, 2.24) is 19.1 Å². The fraction of sp³-hybridized carbons (Fsp3) is 0.458. The number of benzene rings is 1. The highest BCUT2D eigenvalue weighted by atomic mass is 19.4. The predicted molar refractivity (Wildman–Crippen MR) is 123 cm³/mol. The summed E-state index contributed by atoms with van der Waals surface area (Å²) < 4.78 is 41.9. The Morgan fingerprint density at radius 3 is 2.56 bits per heavy atom. The van der Waals surface area contributed by atoms with E-state index in [1.807, 2.05) is 6.92 Å². The fourth-order valence-electron chi connectivity index (χ4n) is 4.64. The van der Waals surface area contributed by atoms with Crippen LogP contribution in [0.4, 0.5) is 18.9 Å². The lowest BCUT2D eigenvalue weighted by atomic mass is 10.0. The molecule has 0 radical (unpaired) electrons. The number of hydrogen-bond donors (Lipinski definition) is 0. The first-order chi connectivity index (χ1) is 16.1. The van der Waals surface area contributed by atoms with Crippen LogP contribution in [0.25, 0.3) is 5.65 Å². The van der Waals surface area contributed by atoms with Crippen LogP contribution >= 0.6 is 0 Å². The van der Waals surface area contributed by atoms with E-state index in [4.69, 9.17) is 5.26 Å². The quantitative estimate of drug-likeness (QED) is 0.565. The Bertz CT molecular complexity index is 1270. The zero-order valence-corrected chi connectivity index (χ0v) is 19.4. The highest BCUT2D eigenvalue weighted by Crippen LogP contribution is 2.32. The van der Waals surface area contributed by atoms with Crippen LogP contribution in [-0.2, 0) is 19.6 Å². The number of nitrogens with zero attached hydrogens (tertiary/aromatic N) is 6. The second-order valence-electron chi connectivity index (χ2n) is 8.67. The number of hydrogen-bond acceptors (Lipinski definition) is 5. The summed E-state index contributed by atoms with van der Waals surface area (Å²) >= 11 is 0. The SMILES string of the molecule is CCC1CN(C(C)c2ccc(C(F)(F)F)cc2)CCN1c1cc(=O)n(C)n2cc(CC#N)nc12. The van der Waals surface area contributed by atoms with Gasteiger partial charge in [-0.15, -0.1) is 0 Å². The number of halogens is 3. The minimum absolute atomic E-state index is 0.0456.